The number of anilines is 1. The Bertz CT molecular complexity index is 1120. The predicted octanol–water partition coefficient (Wildman–Crippen LogP) is 4.97. The van der Waals surface area contributed by atoms with E-state index in [1.807, 2.05) is 31.2 Å². The van der Waals surface area contributed by atoms with E-state index in [0.717, 1.165) is 22.4 Å². The molecule has 0 saturated heterocycles. The molecule has 1 aromatic heterocycles. The average Bonchev–Trinajstić information content (AvgIpc) is 3.05. The van der Waals surface area contributed by atoms with E-state index < -0.39 is 9.84 Å². The molecule has 1 heterocycles. The van der Waals surface area contributed by atoms with Gasteiger partial charge >= 0.3 is 0 Å². The number of amides is 1. The first-order valence-corrected chi connectivity index (χ1v) is 12.3. The quantitative estimate of drug-likeness (QED) is 0.475. The Morgan fingerprint density at radius 2 is 1.80 bits per heavy atom. The van der Waals surface area contributed by atoms with E-state index >= 15 is 0 Å². The van der Waals surface area contributed by atoms with Gasteiger partial charge in [0, 0.05) is 28.1 Å². The minimum atomic E-state index is -3.23. The second kappa shape index (κ2) is 9.59. The van der Waals surface area contributed by atoms with Crippen molar-refractivity contribution in [1.29, 1.82) is 0 Å². The second-order valence-electron chi connectivity index (χ2n) is 6.67. The molecule has 0 radical (unpaired) electrons. The Morgan fingerprint density at radius 3 is 2.43 bits per heavy atom. The molecule has 0 bridgehead atoms. The molecule has 0 aliphatic carbocycles. The highest BCUT2D eigenvalue weighted by Gasteiger charge is 2.12. The molecule has 3 rings (SSSR count). The number of halogens is 1. The number of aryl methyl sites for hydroxylation is 1. The largest absolute Gasteiger partial charge is 0.494 e. The molecule has 2 aromatic carbocycles. The summed E-state index contributed by atoms with van der Waals surface area (Å²) >= 11 is 7.35. The highest BCUT2D eigenvalue weighted by Crippen LogP contribution is 2.31. The van der Waals surface area contributed by atoms with E-state index in [1.54, 1.807) is 12.1 Å². The summed E-state index contributed by atoms with van der Waals surface area (Å²) in [6.07, 6.45) is 1.97. The maximum absolute atomic E-state index is 12.2. The fourth-order valence-corrected chi connectivity index (χ4v) is 4.32. The summed E-state index contributed by atoms with van der Waals surface area (Å²) in [5, 5.41) is 4.04. The van der Waals surface area contributed by atoms with Crippen LogP contribution in [0, 0.1) is 6.92 Å². The number of carbonyl (C=O) groups excluding carboxylic acids is 1. The van der Waals surface area contributed by atoms with Crippen molar-refractivity contribution in [2.24, 2.45) is 0 Å². The van der Waals surface area contributed by atoms with Crippen LogP contribution in [0.5, 0.6) is 5.75 Å². The lowest BCUT2D eigenvalue weighted by Crippen LogP contribution is -2.12. The van der Waals surface area contributed by atoms with Crippen LogP contribution in [0.3, 0.4) is 0 Å². The normalized spacial score (nSPS) is 11.3. The highest BCUT2D eigenvalue weighted by molar-refractivity contribution is 7.90. The number of nitrogens with zero attached hydrogens (tertiary/aromatic N) is 1. The van der Waals surface area contributed by atoms with Crippen molar-refractivity contribution in [3.05, 3.63) is 58.4 Å². The molecule has 0 fully saturated rings. The molecule has 0 unspecified atom stereocenters. The zero-order chi connectivity index (χ0) is 21.7. The molecule has 1 amide bonds. The molecule has 1 N–H and O–H groups in total. The lowest BCUT2D eigenvalue weighted by molar-refractivity contribution is -0.116. The minimum absolute atomic E-state index is 0.137. The van der Waals surface area contributed by atoms with E-state index in [4.69, 9.17) is 16.3 Å². The first-order valence-electron chi connectivity index (χ1n) is 9.18. The van der Waals surface area contributed by atoms with E-state index in [-0.39, 0.29) is 17.2 Å². The van der Waals surface area contributed by atoms with Crippen molar-refractivity contribution in [3.8, 4) is 17.0 Å². The molecule has 158 valence electrons. The van der Waals surface area contributed by atoms with Gasteiger partial charge in [0.05, 0.1) is 17.2 Å². The molecule has 0 saturated carbocycles. The van der Waals surface area contributed by atoms with Crippen LogP contribution in [0.1, 0.15) is 17.7 Å². The minimum Gasteiger partial charge on any atom is -0.494 e. The van der Waals surface area contributed by atoms with E-state index in [1.165, 1.54) is 23.5 Å². The van der Waals surface area contributed by atoms with Crippen LogP contribution in [0.2, 0.25) is 5.02 Å². The summed E-state index contributed by atoms with van der Waals surface area (Å²) in [7, 11) is -3.23. The molecule has 0 aliphatic heterocycles. The Morgan fingerprint density at radius 1 is 1.13 bits per heavy atom. The van der Waals surface area contributed by atoms with Crippen molar-refractivity contribution in [2.75, 3.05) is 18.2 Å². The van der Waals surface area contributed by atoms with Crippen LogP contribution in [-0.4, -0.2) is 32.2 Å². The fourth-order valence-electron chi connectivity index (χ4n) is 2.71. The molecule has 0 spiro atoms. The van der Waals surface area contributed by atoms with Gasteiger partial charge in [0.2, 0.25) is 5.91 Å². The first kappa shape index (κ1) is 22.3. The van der Waals surface area contributed by atoms with Crippen LogP contribution in [0.15, 0.2) is 53.4 Å². The monoisotopic (exact) mass is 464 g/mol. The summed E-state index contributed by atoms with van der Waals surface area (Å²) in [5.41, 5.74) is 1.77. The smallest absolute Gasteiger partial charge is 0.226 e. The number of thiazole rings is 1. The van der Waals surface area contributed by atoms with Gasteiger partial charge in [0.1, 0.15) is 5.75 Å². The van der Waals surface area contributed by atoms with E-state index in [0.29, 0.717) is 28.9 Å². The number of aromatic nitrogens is 1. The average molecular weight is 465 g/mol. The summed E-state index contributed by atoms with van der Waals surface area (Å²) in [4.78, 5) is 18.0. The lowest BCUT2D eigenvalue weighted by Gasteiger charge is -2.07. The maximum atomic E-state index is 12.2. The number of nitrogens with one attached hydrogen (secondary N) is 1. The fraction of sp³-hybridized carbons (Fsp3) is 0.238. The lowest BCUT2D eigenvalue weighted by atomic mass is 10.1. The zero-order valence-electron chi connectivity index (χ0n) is 16.5. The van der Waals surface area contributed by atoms with Crippen LogP contribution in [0.25, 0.3) is 11.3 Å². The van der Waals surface area contributed by atoms with Gasteiger partial charge in [-0.2, -0.15) is 0 Å². The van der Waals surface area contributed by atoms with Crippen molar-refractivity contribution in [3.63, 3.8) is 0 Å². The molecular formula is C21H21ClN2O4S2. The van der Waals surface area contributed by atoms with Gasteiger partial charge in [-0.05, 0) is 49.7 Å². The Balaban J connectivity index is 1.47. The maximum Gasteiger partial charge on any atom is 0.226 e. The summed E-state index contributed by atoms with van der Waals surface area (Å²) < 4.78 is 28.5. The van der Waals surface area contributed by atoms with Gasteiger partial charge in [0.25, 0.3) is 0 Å². The number of rotatable bonds is 8. The van der Waals surface area contributed by atoms with Gasteiger partial charge in [-0.3, -0.25) is 4.79 Å². The van der Waals surface area contributed by atoms with Gasteiger partial charge in [-0.1, -0.05) is 23.7 Å². The number of hydrogen-bond donors (Lipinski definition) is 1. The first-order chi connectivity index (χ1) is 14.2. The van der Waals surface area contributed by atoms with E-state index in [9.17, 15) is 13.2 Å². The predicted molar refractivity (Wildman–Crippen MR) is 120 cm³/mol. The van der Waals surface area contributed by atoms with Crippen LogP contribution < -0.4 is 10.1 Å². The summed E-state index contributed by atoms with van der Waals surface area (Å²) in [6, 6.07) is 13.6. The number of ether oxygens (including phenoxy) is 1. The van der Waals surface area contributed by atoms with Crippen molar-refractivity contribution in [1.82, 2.24) is 4.98 Å². The van der Waals surface area contributed by atoms with Crippen molar-refractivity contribution >= 4 is 43.8 Å². The summed E-state index contributed by atoms with van der Waals surface area (Å²) in [5.74, 6) is 0.424. The standard InChI is InChI=1S/C21H21ClN2O4S2/c1-14-20(15-5-7-16(22)8-6-15)24-21(29-14)23-19(25)4-3-13-28-17-9-11-18(12-10-17)30(2,26)27/h5-12H,3-4,13H2,1-2H3,(H,23,24,25). The Labute approximate surface area is 184 Å². The summed E-state index contributed by atoms with van der Waals surface area (Å²) in [6.45, 7) is 2.30. The SMILES string of the molecule is Cc1sc(NC(=O)CCCOc2ccc(S(C)(=O)=O)cc2)nc1-c1ccc(Cl)cc1. The third-order valence-electron chi connectivity index (χ3n) is 4.23. The molecule has 0 aliphatic rings. The van der Waals surface area contributed by atoms with Crippen LogP contribution in [-0.2, 0) is 14.6 Å². The van der Waals surface area contributed by atoms with Gasteiger partial charge in [0.15, 0.2) is 15.0 Å². The molecule has 30 heavy (non-hydrogen) atoms. The molecule has 3 aromatic rings. The van der Waals surface area contributed by atoms with Gasteiger partial charge in [-0.15, -0.1) is 11.3 Å². The molecule has 6 nitrogen and oxygen atoms in total. The second-order valence-corrected chi connectivity index (χ2v) is 10.3. The van der Waals surface area contributed by atoms with Crippen molar-refractivity contribution in [2.45, 2.75) is 24.7 Å². The van der Waals surface area contributed by atoms with Crippen LogP contribution >= 0.6 is 22.9 Å². The number of benzene rings is 2. The van der Waals surface area contributed by atoms with Crippen LogP contribution in [0.4, 0.5) is 5.13 Å². The third kappa shape index (κ3) is 6.04. The molecule has 9 heteroatoms. The van der Waals surface area contributed by atoms with E-state index in [2.05, 4.69) is 10.3 Å². The number of sulfone groups is 1. The number of hydrogen-bond acceptors (Lipinski definition) is 6. The van der Waals surface area contributed by atoms with Gasteiger partial charge in [-0.25, -0.2) is 13.4 Å². The molecule has 0 atom stereocenters. The zero-order valence-corrected chi connectivity index (χ0v) is 18.9. The van der Waals surface area contributed by atoms with Gasteiger partial charge < -0.3 is 10.1 Å². The Hall–Kier alpha value is -2.42. The Kier molecular flexibility index (Phi) is 7.12. The highest BCUT2D eigenvalue weighted by atomic mass is 35.5. The molecular weight excluding hydrogens is 444 g/mol. The topological polar surface area (TPSA) is 85.4 Å². The number of carbonyl (C=O) groups is 1. The van der Waals surface area contributed by atoms with Crippen molar-refractivity contribution < 1.29 is 17.9 Å². The third-order valence-corrected chi connectivity index (χ3v) is 6.50.